The Morgan fingerprint density at radius 2 is 1.62 bits per heavy atom. The highest BCUT2D eigenvalue weighted by molar-refractivity contribution is 6.03. The van der Waals surface area contributed by atoms with Gasteiger partial charge in [0, 0.05) is 19.4 Å². The largest absolute Gasteiger partial charge is 0.308 e. The van der Waals surface area contributed by atoms with Crippen LogP contribution in [0.5, 0.6) is 0 Å². The van der Waals surface area contributed by atoms with E-state index in [0.717, 1.165) is 12.8 Å². The molecule has 74 valence electrons. The molecule has 1 aliphatic rings. The molecule has 0 aromatic rings. The third kappa shape index (κ3) is 2.92. The van der Waals surface area contributed by atoms with E-state index in [9.17, 15) is 9.59 Å². The first kappa shape index (κ1) is 10.4. The minimum atomic E-state index is -0.350. The normalized spacial score (nSPS) is 20.8. The standard InChI is InChI=1S/C10H17NO2/c1-11(2)7-8-9(12)5-3-4-6-10(8)13/h8H,3-7H2,1-2H3. The highest BCUT2D eigenvalue weighted by Gasteiger charge is 2.28. The lowest BCUT2D eigenvalue weighted by atomic mass is 9.97. The maximum atomic E-state index is 11.5. The van der Waals surface area contributed by atoms with Gasteiger partial charge in [-0.2, -0.15) is 0 Å². The topological polar surface area (TPSA) is 37.4 Å². The molecule has 0 aromatic heterocycles. The summed E-state index contributed by atoms with van der Waals surface area (Å²) in [5.41, 5.74) is 0. The molecule has 13 heavy (non-hydrogen) atoms. The molecule has 0 radical (unpaired) electrons. The van der Waals surface area contributed by atoms with E-state index in [0.29, 0.717) is 19.4 Å². The van der Waals surface area contributed by atoms with Crippen molar-refractivity contribution in [2.75, 3.05) is 20.6 Å². The summed E-state index contributed by atoms with van der Waals surface area (Å²) >= 11 is 0. The molecule has 1 saturated carbocycles. The second-order valence-corrected chi connectivity index (χ2v) is 3.95. The summed E-state index contributed by atoms with van der Waals surface area (Å²) in [6, 6.07) is 0. The van der Waals surface area contributed by atoms with Gasteiger partial charge >= 0.3 is 0 Å². The van der Waals surface area contributed by atoms with Crippen LogP contribution in [0.1, 0.15) is 25.7 Å². The Bertz CT molecular complexity index is 193. The SMILES string of the molecule is CN(C)CC1C(=O)CCCCC1=O. The van der Waals surface area contributed by atoms with E-state index in [1.54, 1.807) is 0 Å². The van der Waals surface area contributed by atoms with Crippen LogP contribution in [0.25, 0.3) is 0 Å². The zero-order valence-electron chi connectivity index (χ0n) is 8.38. The van der Waals surface area contributed by atoms with Gasteiger partial charge in [-0.25, -0.2) is 0 Å². The van der Waals surface area contributed by atoms with Gasteiger partial charge in [0.1, 0.15) is 11.6 Å². The average molecular weight is 183 g/mol. The smallest absolute Gasteiger partial charge is 0.144 e. The minimum Gasteiger partial charge on any atom is -0.308 e. The average Bonchev–Trinajstić information content (AvgIpc) is 2.18. The Morgan fingerprint density at radius 3 is 2.00 bits per heavy atom. The summed E-state index contributed by atoms with van der Waals surface area (Å²) in [7, 11) is 3.79. The number of ketones is 2. The van der Waals surface area contributed by atoms with Crippen LogP contribution < -0.4 is 0 Å². The van der Waals surface area contributed by atoms with Crippen LogP contribution in [0.15, 0.2) is 0 Å². The Labute approximate surface area is 79.1 Å². The Balaban J connectivity index is 2.63. The first-order chi connectivity index (χ1) is 6.11. The number of hydrogen-bond donors (Lipinski definition) is 0. The number of carbonyl (C=O) groups excluding carboxylic acids is 2. The lowest BCUT2D eigenvalue weighted by Crippen LogP contribution is -2.32. The van der Waals surface area contributed by atoms with Gasteiger partial charge in [-0.05, 0) is 26.9 Å². The fraction of sp³-hybridized carbons (Fsp3) is 0.800. The molecular formula is C10H17NO2. The van der Waals surface area contributed by atoms with Gasteiger partial charge < -0.3 is 4.90 Å². The molecule has 0 amide bonds. The van der Waals surface area contributed by atoms with Crippen molar-refractivity contribution in [3.05, 3.63) is 0 Å². The first-order valence-corrected chi connectivity index (χ1v) is 4.81. The quantitative estimate of drug-likeness (QED) is 0.471. The highest BCUT2D eigenvalue weighted by atomic mass is 16.2. The van der Waals surface area contributed by atoms with E-state index in [-0.39, 0.29) is 17.5 Å². The van der Waals surface area contributed by atoms with Crippen molar-refractivity contribution in [1.29, 1.82) is 0 Å². The molecule has 1 aliphatic carbocycles. The second-order valence-electron chi connectivity index (χ2n) is 3.95. The van der Waals surface area contributed by atoms with Crippen LogP contribution in [-0.2, 0) is 9.59 Å². The number of carbonyl (C=O) groups is 2. The summed E-state index contributed by atoms with van der Waals surface area (Å²) in [6.45, 7) is 0.581. The van der Waals surface area contributed by atoms with Crippen LogP contribution in [0, 0.1) is 5.92 Å². The van der Waals surface area contributed by atoms with Gasteiger partial charge in [-0.3, -0.25) is 9.59 Å². The molecule has 0 aliphatic heterocycles. The van der Waals surface area contributed by atoms with E-state index in [2.05, 4.69) is 0 Å². The van der Waals surface area contributed by atoms with Crippen LogP contribution in [0.3, 0.4) is 0 Å². The molecule has 0 N–H and O–H groups in total. The van der Waals surface area contributed by atoms with Crippen LogP contribution in [-0.4, -0.2) is 37.1 Å². The molecule has 0 atom stereocenters. The summed E-state index contributed by atoms with van der Waals surface area (Å²) in [4.78, 5) is 24.9. The van der Waals surface area contributed by atoms with Gasteiger partial charge in [-0.15, -0.1) is 0 Å². The maximum absolute atomic E-state index is 11.5. The fourth-order valence-electron chi connectivity index (χ4n) is 1.70. The van der Waals surface area contributed by atoms with Crippen molar-refractivity contribution in [3.63, 3.8) is 0 Å². The van der Waals surface area contributed by atoms with Crippen LogP contribution >= 0.6 is 0 Å². The van der Waals surface area contributed by atoms with Gasteiger partial charge in [0.2, 0.25) is 0 Å². The maximum Gasteiger partial charge on any atom is 0.144 e. The zero-order valence-corrected chi connectivity index (χ0v) is 8.38. The second kappa shape index (κ2) is 4.51. The molecule has 1 fully saturated rings. The molecule has 3 heteroatoms. The molecule has 0 saturated heterocycles. The lowest BCUT2D eigenvalue weighted by Gasteiger charge is -2.16. The van der Waals surface area contributed by atoms with Gasteiger partial charge in [0.25, 0.3) is 0 Å². The van der Waals surface area contributed by atoms with Crippen molar-refractivity contribution in [1.82, 2.24) is 4.90 Å². The van der Waals surface area contributed by atoms with Crippen LogP contribution in [0.4, 0.5) is 0 Å². The van der Waals surface area contributed by atoms with E-state index < -0.39 is 0 Å². The summed E-state index contributed by atoms with van der Waals surface area (Å²) in [5, 5.41) is 0. The molecule has 0 spiro atoms. The van der Waals surface area contributed by atoms with Gasteiger partial charge in [0.15, 0.2) is 0 Å². The van der Waals surface area contributed by atoms with E-state index in [1.165, 1.54) is 0 Å². The third-order valence-corrected chi connectivity index (χ3v) is 2.42. The third-order valence-electron chi connectivity index (χ3n) is 2.42. The predicted octanol–water partition coefficient (Wildman–Crippen LogP) is 0.876. The van der Waals surface area contributed by atoms with Crippen molar-refractivity contribution in [2.24, 2.45) is 5.92 Å². The van der Waals surface area contributed by atoms with Crippen molar-refractivity contribution in [3.8, 4) is 0 Å². The van der Waals surface area contributed by atoms with Crippen LogP contribution in [0.2, 0.25) is 0 Å². The van der Waals surface area contributed by atoms with Crippen molar-refractivity contribution in [2.45, 2.75) is 25.7 Å². The predicted molar refractivity (Wildman–Crippen MR) is 50.5 cm³/mol. The highest BCUT2D eigenvalue weighted by Crippen LogP contribution is 2.17. The van der Waals surface area contributed by atoms with Gasteiger partial charge in [-0.1, -0.05) is 0 Å². The van der Waals surface area contributed by atoms with E-state index in [1.807, 2.05) is 19.0 Å². The minimum absolute atomic E-state index is 0.135. The molecular weight excluding hydrogens is 166 g/mol. The summed E-state index contributed by atoms with van der Waals surface area (Å²) in [6.07, 6.45) is 2.94. The number of rotatable bonds is 2. The zero-order chi connectivity index (χ0) is 9.84. The molecule has 0 aromatic carbocycles. The van der Waals surface area contributed by atoms with E-state index in [4.69, 9.17) is 0 Å². The summed E-state index contributed by atoms with van der Waals surface area (Å²) < 4.78 is 0. The first-order valence-electron chi connectivity index (χ1n) is 4.81. The monoisotopic (exact) mass is 183 g/mol. The number of nitrogens with zero attached hydrogens (tertiary/aromatic N) is 1. The number of hydrogen-bond acceptors (Lipinski definition) is 3. The number of Topliss-reactive ketones (excluding diaryl/α,β-unsaturated/α-hetero) is 2. The Hall–Kier alpha value is -0.700. The molecule has 0 bridgehead atoms. The Kier molecular flexibility index (Phi) is 3.60. The van der Waals surface area contributed by atoms with E-state index >= 15 is 0 Å². The molecule has 1 rings (SSSR count). The molecule has 3 nitrogen and oxygen atoms in total. The lowest BCUT2D eigenvalue weighted by molar-refractivity contribution is -0.132. The molecule has 0 heterocycles. The van der Waals surface area contributed by atoms with Crippen molar-refractivity contribution < 1.29 is 9.59 Å². The Morgan fingerprint density at radius 1 is 1.15 bits per heavy atom. The fourth-order valence-corrected chi connectivity index (χ4v) is 1.70. The van der Waals surface area contributed by atoms with Crippen molar-refractivity contribution >= 4 is 11.6 Å². The van der Waals surface area contributed by atoms with Gasteiger partial charge in [0.05, 0.1) is 5.92 Å². The molecule has 0 unspecified atom stereocenters. The summed E-state index contributed by atoms with van der Waals surface area (Å²) in [5.74, 6) is -0.0788.